The summed E-state index contributed by atoms with van der Waals surface area (Å²) in [7, 11) is 3.36. The highest BCUT2D eigenvalue weighted by atomic mass is 16.5. The monoisotopic (exact) mass is 250 g/mol. The Balaban J connectivity index is 2.79. The molecular formula is C14H22N2O2. The standard InChI is InChI=1S/C14H22N2O2/c1-5-10(2)13(15)14(17)16(3)11-6-8-12(18-4)9-7-11/h6-10,13H,5,15H2,1-4H3/t10-,13-/m0/s1. The molecule has 0 radical (unpaired) electrons. The van der Waals surface area contributed by atoms with Crippen molar-refractivity contribution in [2.24, 2.45) is 11.7 Å². The van der Waals surface area contributed by atoms with Crippen LogP contribution in [0.25, 0.3) is 0 Å². The Morgan fingerprint density at radius 2 is 1.94 bits per heavy atom. The van der Waals surface area contributed by atoms with E-state index in [9.17, 15) is 4.79 Å². The Morgan fingerprint density at radius 1 is 1.39 bits per heavy atom. The molecule has 1 amide bonds. The van der Waals surface area contributed by atoms with Gasteiger partial charge in [-0.25, -0.2) is 0 Å². The van der Waals surface area contributed by atoms with Crippen LogP contribution in [0.5, 0.6) is 5.75 Å². The van der Waals surface area contributed by atoms with Crippen molar-refractivity contribution in [1.82, 2.24) is 0 Å². The molecule has 100 valence electrons. The van der Waals surface area contributed by atoms with Crippen molar-refractivity contribution in [3.05, 3.63) is 24.3 Å². The van der Waals surface area contributed by atoms with Gasteiger partial charge in [0.15, 0.2) is 0 Å². The summed E-state index contributed by atoms with van der Waals surface area (Å²) in [6.45, 7) is 4.02. The normalized spacial score (nSPS) is 13.8. The number of nitrogens with zero attached hydrogens (tertiary/aromatic N) is 1. The van der Waals surface area contributed by atoms with Crippen molar-refractivity contribution >= 4 is 11.6 Å². The molecule has 0 aliphatic rings. The SMILES string of the molecule is CC[C@H](C)[C@H](N)C(=O)N(C)c1ccc(OC)cc1. The number of hydrogen-bond donors (Lipinski definition) is 1. The van der Waals surface area contributed by atoms with Crippen molar-refractivity contribution in [2.45, 2.75) is 26.3 Å². The van der Waals surface area contributed by atoms with Crippen LogP contribution in [-0.2, 0) is 4.79 Å². The lowest BCUT2D eigenvalue weighted by Crippen LogP contribution is -2.45. The number of amides is 1. The molecular weight excluding hydrogens is 228 g/mol. The van der Waals surface area contributed by atoms with E-state index in [0.29, 0.717) is 0 Å². The first kappa shape index (κ1) is 14.5. The van der Waals surface area contributed by atoms with Crippen molar-refractivity contribution in [2.75, 3.05) is 19.1 Å². The van der Waals surface area contributed by atoms with E-state index in [0.717, 1.165) is 17.9 Å². The fourth-order valence-corrected chi connectivity index (χ4v) is 1.65. The molecule has 0 unspecified atom stereocenters. The summed E-state index contributed by atoms with van der Waals surface area (Å²) in [6.07, 6.45) is 0.892. The smallest absolute Gasteiger partial charge is 0.243 e. The zero-order valence-corrected chi connectivity index (χ0v) is 11.5. The van der Waals surface area contributed by atoms with E-state index in [4.69, 9.17) is 10.5 Å². The molecule has 0 saturated heterocycles. The van der Waals surface area contributed by atoms with Gasteiger partial charge in [-0.15, -0.1) is 0 Å². The third-order valence-electron chi connectivity index (χ3n) is 3.33. The molecule has 0 spiro atoms. The van der Waals surface area contributed by atoms with Crippen LogP contribution in [-0.4, -0.2) is 26.1 Å². The van der Waals surface area contributed by atoms with Crippen LogP contribution < -0.4 is 15.4 Å². The first-order valence-electron chi connectivity index (χ1n) is 6.18. The van der Waals surface area contributed by atoms with E-state index < -0.39 is 6.04 Å². The Bertz CT molecular complexity index is 389. The van der Waals surface area contributed by atoms with Gasteiger partial charge < -0.3 is 15.4 Å². The molecule has 0 aliphatic heterocycles. The molecule has 4 heteroatoms. The van der Waals surface area contributed by atoms with Gasteiger partial charge in [0.25, 0.3) is 0 Å². The van der Waals surface area contributed by atoms with E-state index in [1.165, 1.54) is 0 Å². The maximum absolute atomic E-state index is 12.2. The minimum atomic E-state index is -0.456. The third kappa shape index (κ3) is 3.23. The van der Waals surface area contributed by atoms with Crippen molar-refractivity contribution in [3.63, 3.8) is 0 Å². The summed E-state index contributed by atoms with van der Waals surface area (Å²) in [4.78, 5) is 13.8. The highest BCUT2D eigenvalue weighted by Gasteiger charge is 2.23. The average molecular weight is 250 g/mol. The zero-order chi connectivity index (χ0) is 13.7. The molecule has 2 atom stereocenters. The van der Waals surface area contributed by atoms with Gasteiger partial charge in [0.05, 0.1) is 13.2 Å². The number of carbonyl (C=O) groups is 1. The van der Waals surface area contributed by atoms with Gasteiger partial charge >= 0.3 is 0 Å². The number of carbonyl (C=O) groups excluding carboxylic acids is 1. The number of anilines is 1. The van der Waals surface area contributed by atoms with Crippen LogP contribution in [0.3, 0.4) is 0 Å². The highest BCUT2D eigenvalue weighted by Crippen LogP contribution is 2.19. The van der Waals surface area contributed by atoms with Crippen LogP contribution >= 0.6 is 0 Å². The molecule has 1 rings (SSSR count). The van der Waals surface area contributed by atoms with Crippen LogP contribution in [0.2, 0.25) is 0 Å². The summed E-state index contributed by atoms with van der Waals surface area (Å²) < 4.78 is 5.08. The first-order valence-corrected chi connectivity index (χ1v) is 6.18. The number of rotatable bonds is 5. The molecule has 18 heavy (non-hydrogen) atoms. The maximum atomic E-state index is 12.2. The maximum Gasteiger partial charge on any atom is 0.243 e. The molecule has 2 N–H and O–H groups in total. The van der Waals surface area contributed by atoms with Gasteiger partial charge in [0, 0.05) is 12.7 Å². The Morgan fingerprint density at radius 3 is 2.39 bits per heavy atom. The molecule has 0 fully saturated rings. The van der Waals surface area contributed by atoms with Crippen LogP contribution in [0.15, 0.2) is 24.3 Å². The summed E-state index contributed by atoms with van der Waals surface area (Å²) in [6, 6.07) is 6.89. The first-order chi connectivity index (χ1) is 8.51. The predicted octanol–water partition coefficient (Wildman–Crippen LogP) is 2.03. The summed E-state index contributed by atoms with van der Waals surface area (Å²) >= 11 is 0. The number of nitrogens with two attached hydrogens (primary N) is 1. The van der Waals surface area contributed by atoms with Crippen LogP contribution in [0.4, 0.5) is 5.69 Å². The average Bonchev–Trinajstić information content (AvgIpc) is 2.44. The lowest BCUT2D eigenvalue weighted by Gasteiger charge is -2.24. The van der Waals surface area contributed by atoms with Gasteiger partial charge in [0.2, 0.25) is 5.91 Å². The molecule has 1 aromatic carbocycles. The summed E-state index contributed by atoms with van der Waals surface area (Å²) in [5, 5.41) is 0. The van der Waals surface area contributed by atoms with Gasteiger partial charge in [-0.05, 0) is 30.2 Å². The Kier molecular flexibility index (Phi) is 5.16. The largest absolute Gasteiger partial charge is 0.497 e. The summed E-state index contributed by atoms with van der Waals surface area (Å²) in [5.41, 5.74) is 6.77. The van der Waals surface area contributed by atoms with Gasteiger partial charge in [-0.2, -0.15) is 0 Å². The Labute approximate surface area is 109 Å². The number of likely N-dealkylation sites (N-methyl/N-ethyl adjacent to an activating group) is 1. The number of methoxy groups -OCH3 is 1. The van der Waals surface area contributed by atoms with E-state index in [1.807, 2.05) is 38.1 Å². The predicted molar refractivity (Wildman–Crippen MR) is 73.8 cm³/mol. The highest BCUT2D eigenvalue weighted by molar-refractivity contribution is 5.96. The molecule has 0 aromatic heterocycles. The second kappa shape index (κ2) is 6.40. The van der Waals surface area contributed by atoms with E-state index in [1.54, 1.807) is 19.1 Å². The quantitative estimate of drug-likeness (QED) is 0.870. The topological polar surface area (TPSA) is 55.6 Å². The molecule has 4 nitrogen and oxygen atoms in total. The number of benzene rings is 1. The van der Waals surface area contributed by atoms with Crippen molar-refractivity contribution < 1.29 is 9.53 Å². The molecule has 0 heterocycles. The van der Waals surface area contributed by atoms with Gasteiger partial charge in [0.1, 0.15) is 5.75 Å². The van der Waals surface area contributed by atoms with E-state index >= 15 is 0 Å². The number of ether oxygens (including phenoxy) is 1. The lowest BCUT2D eigenvalue weighted by atomic mass is 9.99. The van der Waals surface area contributed by atoms with Gasteiger partial charge in [-0.1, -0.05) is 20.3 Å². The lowest BCUT2D eigenvalue weighted by molar-refractivity contribution is -0.120. The van der Waals surface area contributed by atoms with E-state index in [2.05, 4.69) is 0 Å². The van der Waals surface area contributed by atoms with Crippen molar-refractivity contribution in [1.29, 1.82) is 0 Å². The minimum absolute atomic E-state index is 0.0606. The van der Waals surface area contributed by atoms with E-state index in [-0.39, 0.29) is 11.8 Å². The molecule has 0 bridgehead atoms. The van der Waals surface area contributed by atoms with Crippen LogP contribution in [0.1, 0.15) is 20.3 Å². The van der Waals surface area contributed by atoms with Crippen LogP contribution in [0, 0.1) is 5.92 Å². The molecule has 1 aromatic rings. The minimum Gasteiger partial charge on any atom is -0.497 e. The molecule has 0 aliphatic carbocycles. The third-order valence-corrected chi connectivity index (χ3v) is 3.33. The Hall–Kier alpha value is -1.55. The van der Waals surface area contributed by atoms with Gasteiger partial charge in [-0.3, -0.25) is 4.79 Å². The second-order valence-corrected chi connectivity index (χ2v) is 4.51. The fraction of sp³-hybridized carbons (Fsp3) is 0.500. The fourth-order valence-electron chi connectivity index (χ4n) is 1.65. The molecule has 0 saturated carbocycles. The zero-order valence-electron chi connectivity index (χ0n) is 11.5. The number of hydrogen-bond acceptors (Lipinski definition) is 3. The van der Waals surface area contributed by atoms with Crippen molar-refractivity contribution in [3.8, 4) is 5.75 Å². The second-order valence-electron chi connectivity index (χ2n) is 4.51. The summed E-state index contributed by atoms with van der Waals surface area (Å²) in [5.74, 6) is 0.888.